The van der Waals surface area contributed by atoms with E-state index < -0.39 is 0 Å². The van der Waals surface area contributed by atoms with Crippen molar-refractivity contribution in [2.75, 3.05) is 31.1 Å². The van der Waals surface area contributed by atoms with Crippen molar-refractivity contribution in [3.8, 4) is 0 Å². The predicted molar refractivity (Wildman–Crippen MR) is 76.5 cm³/mol. The van der Waals surface area contributed by atoms with Gasteiger partial charge in [0.05, 0.1) is 6.10 Å². The zero-order chi connectivity index (χ0) is 13.8. The highest BCUT2D eigenvalue weighted by molar-refractivity contribution is 5.95. The monoisotopic (exact) mass is 262 g/mol. The molecule has 0 radical (unpaired) electrons. The molecule has 1 amide bonds. The minimum absolute atomic E-state index is 0.00962. The maximum Gasteiger partial charge on any atom is 0.254 e. The first kappa shape index (κ1) is 13.9. The minimum atomic E-state index is -0.344. The van der Waals surface area contributed by atoms with Crippen molar-refractivity contribution in [1.82, 2.24) is 4.90 Å². The lowest BCUT2D eigenvalue weighted by Gasteiger charge is -2.36. The molecule has 1 aromatic rings. The van der Waals surface area contributed by atoms with Crippen LogP contribution in [-0.4, -0.2) is 48.2 Å². The molecule has 4 heteroatoms. The van der Waals surface area contributed by atoms with Gasteiger partial charge < -0.3 is 14.9 Å². The van der Waals surface area contributed by atoms with Crippen LogP contribution in [0.1, 0.15) is 30.6 Å². The Morgan fingerprint density at radius 1 is 1.32 bits per heavy atom. The molecular weight excluding hydrogens is 240 g/mol. The van der Waals surface area contributed by atoms with Gasteiger partial charge in [-0.05, 0) is 37.6 Å². The Morgan fingerprint density at radius 2 is 1.95 bits per heavy atom. The third-order valence-corrected chi connectivity index (χ3v) is 3.50. The summed E-state index contributed by atoms with van der Waals surface area (Å²) < 4.78 is 0. The maximum atomic E-state index is 12.1. The first-order valence-electron chi connectivity index (χ1n) is 6.98. The molecule has 1 fully saturated rings. The molecule has 2 rings (SSSR count). The quantitative estimate of drug-likeness (QED) is 0.879. The molecule has 1 aliphatic rings. The number of aliphatic hydroxyl groups is 1. The van der Waals surface area contributed by atoms with E-state index in [0.717, 1.165) is 25.2 Å². The number of β-amino-alcohol motifs (C(OH)–C–C–N with tert-alkyl or cyclic N) is 1. The zero-order valence-corrected chi connectivity index (χ0v) is 11.7. The Kier molecular flexibility index (Phi) is 4.43. The summed E-state index contributed by atoms with van der Waals surface area (Å²) in [5.74, 6) is 0.00962. The van der Waals surface area contributed by atoms with Gasteiger partial charge in [-0.15, -0.1) is 0 Å². The molecule has 19 heavy (non-hydrogen) atoms. The van der Waals surface area contributed by atoms with Gasteiger partial charge >= 0.3 is 0 Å². The van der Waals surface area contributed by atoms with Crippen LogP contribution in [0.15, 0.2) is 24.3 Å². The third-order valence-electron chi connectivity index (χ3n) is 3.50. The fraction of sp³-hybridized carbons (Fsp3) is 0.533. The molecule has 104 valence electrons. The molecule has 0 saturated carbocycles. The third kappa shape index (κ3) is 3.07. The lowest BCUT2D eigenvalue weighted by molar-refractivity contribution is 0.00590. The fourth-order valence-corrected chi connectivity index (χ4v) is 2.36. The zero-order valence-electron chi connectivity index (χ0n) is 11.7. The standard InChI is InChI=1S/C15H22N2O2/c1-3-9-16(4-2)13-7-5-12(6-8-13)15(19)17-10-14(18)11-17/h5-8,14,18H,3-4,9-11H2,1-2H3. The highest BCUT2D eigenvalue weighted by Gasteiger charge is 2.29. The average molecular weight is 262 g/mol. The second kappa shape index (κ2) is 6.06. The molecule has 1 heterocycles. The molecule has 4 nitrogen and oxygen atoms in total. The van der Waals surface area contributed by atoms with Crippen LogP contribution in [0.5, 0.6) is 0 Å². The van der Waals surface area contributed by atoms with Crippen molar-refractivity contribution in [2.45, 2.75) is 26.4 Å². The number of likely N-dealkylation sites (tertiary alicyclic amines) is 1. The van der Waals surface area contributed by atoms with Crippen LogP contribution in [0.4, 0.5) is 5.69 Å². The molecule has 1 N–H and O–H groups in total. The molecule has 0 atom stereocenters. The summed E-state index contributed by atoms with van der Waals surface area (Å²) in [5, 5.41) is 9.22. The van der Waals surface area contributed by atoms with Gasteiger partial charge in [-0.1, -0.05) is 6.92 Å². The van der Waals surface area contributed by atoms with Crippen molar-refractivity contribution in [3.63, 3.8) is 0 Å². The maximum absolute atomic E-state index is 12.1. The first-order chi connectivity index (χ1) is 9.15. The number of anilines is 1. The fourth-order valence-electron chi connectivity index (χ4n) is 2.36. The van der Waals surface area contributed by atoms with Crippen LogP contribution < -0.4 is 4.90 Å². The van der Waals surface area contributed by atoms with E-state index in [1.807, 2.05) is 24.3 Å². The average Bonchev–Trinajstić information content (AvgIpc) is 2.41. The number of nitrogens with zero attached hydrogens (tertiary/aromatic N) is 2. The topological polar surface area (TPSA) is 43.8 Å². The van der Waals surface area contributed by atoms with E-state index in [9.17, 15) is 9.90 Å². The van der Waals surface area contributed by atoms with Crippen LogP contribution in [0, 0.1) is 0 Å². The van der Waals surface area contributed by atoms with Gasteiger partial charge in [-0.3, -0.25) is 4.79 Å². The summed E-state index contributed by atoms with van der Waals surface area (Å²) >= 11 is 0. The summed E-state index contributed by atoms with van der Waals surface area (Å²) in [6.07, 6.45) is 0.767. The Bertz CT molecular complexity index is 424. The van der Waals surface area contributed by atoms with Gasteiger partial charge in [-0.25, -0.2) is 0 Å². The van der Waals surface area contributed by atoms with E-state index in [0.29, 0.717) is 18.7 Å². The number of carbonyl (C=O) groups excluding carboxylic acids is 1. The largest absolute Gasteiger partial charge is 0.389 e. The normalized spacial score (nSPS) is 15.2. The Balaban J connectivity index is 2.03. The second-order valence-electron chi connectivity index (χ2n) is 4.99. The minimum Gasteiger partial charge on any atom is -0.389 e. The van der Waals surface area contributed by atoms with Gasteiger partial charge in [-0.2, -0.15) is 0 Å². The predicted octanol–water partition coefficient (Wildman–Crippen LogP) is 1.74. The molecule has 0 spiro atoms. The lowest BCUT2D eigenvalue weighted by Crippen LogP contribution is -2.53. The number of aliphatic hydroxyl groups excluding tert-OH is 1. The van der Waals surface area contributed by atoms with E-state index in [4.69, 9.17) is 0 Å². The van der Waals surface area contributed by atoms with E-state index in [-0.39, 0.29) is 12.0 Å². The summed E-state index contributed by atoms with van der Waals surface area (Å²) in [6.45, 7) is 7.21. The van der Waals surface area contributed by atoms with E-state index in [2.05, 4.69) is 18.7 Å². The van der Waals surface area contributed by atoms with Crippen LogP contribution in [0.3, 0.4) is 0 Å². The van der Waals surface area contributed by atoms with E-state index >= 15 is 0 Å². The lowest BCUT2D eigenvalue weighted by atomic mass is 10.1. The number of hydrogen-bond donors (Lipinski definition) is 1. The number of benzene rings is 1. The Labute approximate surface area is 114 Å². The van der Waals surface area contributed by atoms with Gasteiger partial charge in [0, 0.05) is 37.4 Å². The van der Waals surface area contributed by atoms with Crippen molar-refractivity contribution < 1.29 is 9.90 Å². The highest BCUT2D eigenvalue weighted by Crippen LogP contribution is 2.18. The molecule has 0 aromatic heterocycles. The van der Waals surface area contributed by atoms with Gasteiger partial charge in [0.25, 0.3) is 5.91 Å². The second-order valence-corrected chi connectivity index (χ2v) is 4.99. The van der Waals surface area contributed by atoms with Crippen LogP contribution >= 0.6 is 0 Å². The summed E-state index contributed by atoms with van der Waals surface area (Å²) in [6, 6.07) is 7.76. The molecule has 1 aromatic carbocycles. The molecule has 1 aliphatic heterocycles. The molecule has 0 unspecified atom stereocenters. The van der Waals surface area contributed by atoms with Crippen LogP contribution in [-0.2, 0) is 0 Å². The molecule has 1 saturated heterocycles. The van der Waals surface area contributed by atoms with Crippen molar-refractivity contribution in [1.29, 1.82) is 0 Å². The van der Waals surface area contributed by atoms with E-state index in [1.165, 1.54) is 0 Å². The SMILES string of the molecule is CCCN(CC)c1ccc(C(=O)N2CC(O)C2)cc1. The summed E-state index contributed by atoms with van der Waals surface area (Å²) in [4.78, 5) is 16.0. The Hall–Kier alpha value is -1.55. The van der Waals surface area contributed by atoms with Gasteiger partial charge in [0.15, 0.2) is 0 Å². The van der Waals surface area contributed by atoms with Gasteiger partial charge in [0.1, 0.15) is 0 Å². The molecule has 0 bridgehead atoms. The van der Waals surface area contributed by atoms with Crippen molar-refractivity contribution in [2.24, 2.45) is 0 Å². The number of hydrogen-bond acceptors (Lipinski definition) is 3. The number of amides is 1. The molecular formula is C15H22N2O2. The summed E-state index contributed by atoms with van der Waals surface area (Å²) in [7, 11) is 0. The number of rotatable bonds is 5. The van der Waals surface area contributed by atoms with E-state index in [1.54, 1.807) is 4.90 Å². The Morgan fingerprint density at radius 3 is 2.42 bits per heavy atom. The highest BCUT2D eigenvalue weighted by atomic mass is 16.3. The van der Waals surface area contributed by atoms with Crippen LogP contribution in [0.25, 0.3) is 0 Å². The van der Waals surface area contributed by atoms with Gasteiger partial charge in [0.2, 0.25) is 0 Å². The number of carbonyl (C=O) groups is 1. The van der Waals surface area contributed by atoms with Crippen molar-refractivity contribution >= 4 is 11.6 Å². The van der Waals surface area contributed by atoms with Crippen molar-refractivity contribution in [3.05, 3.63) is 29.8 Å². The van der Waals surface area contributed by atoms with Crippen LogP contribution in [0.2, 0.25) is 0 Å². The first-order valence-corrected chi connectivity index (χ1v) is 6.98. The summed E-state index contributed by atoms with van der Waals surface area (Å²) in [5.41, 5.74) is 1.85. The molecule has 0 aliphatic carbocycles. The smallest absolute Gasteiger partial charge is 0.254 e.